The lowest BCUT2D eigenvalue weighted by molar-refractivity contribution is -0.123. The van der Waals surface area contributed by atoms with Gasteiger partial charge >= 0.3 is 0 Å². The molecule has 1 fully saturated rings. The molecule has 0 radical (unpaired) electrons. The second-order valence-electron chi connectivity index (χ2n) is 5.27. The molecule has 0 aliphatic carbocycles. The highest BCUT2D eigenvalue weighted by Crippen LogP contribution is 2.15. The van der Waals surface area contributed by atoms with Crippen molar-refractivity contribution in [2.24, 2.45) is 11.8 Å². The minimum absolute atomic E-state index is 0.0947. The molecule has 0 saturated carbocycles. The predicted molar refractivity (Wildman–Crippen MR) is 64.1 cm³/mol. The molecular formula is C12H24N2O2. The van der Waals surface area contributed by atoms with Crippen molar-refractivity contribution in [2.45, 2.75) is 33.3 Å². The fraction of sp³-hybridized carbons (Fsp3) is 0.917. The maximum Gasteiger partial charge on any atom is 0.234 e. The molecule has 16 heavy (non-hydrogen) atoms. The van der Waals surface area contributed by atoms with E-state index in [0.717, 1.165) is 26.1 Å². The van der Waals surface area contributed by atoms with E-state index in [4.69, 9.17) is 0 Å². The van der Waals surface area contributed by atoms with E-state index in [-0.39, 0.29) is 17.9 Å². The number of aliphatic hydroxyl groups is 1. The fourth-order valence-electron chi connectivity index (χ4n) is 1.94. The lowest BCUT2D eigenvalue weighted by Gasteiger charge is -2.33. The Balaban J connectivity index is 2.24. The van der Waals surface area contributed by atoms with Crippen LogP contribution in [0.5, 0.6) is 0 Å². The third-order valence-corrected chi connectivity index (χ3v) is 3.02. The zero-order valence-electron chi connectivity index (χ0n) is 10.6. The van der Waals surface area contributed by atoms with Gasteiger partial charge in [-0.25, -0.2) is 0 Å². The van der Waals surface area contributed by atoms with Gasteiger partial charge in [0, 0.05) is 19.6 Å². The average molecular weight is 228 g/mol. The molecule has 4 heteroatoms. The Morgan fingerprint density at radius 2 is 2.25 bits per heavy atom. The van der Waals surface area contributed by atoms with Crippen LogP contribution in [0.15, 0.2) is 0 Å². The topological polar surface area (TPSA) is 52.6 Å². The van der Waals surface area contributed by atoms with Crippen molar-refractivity contribution in [1.82, 2.24) is 10.2 Å². The van der Waals surface area contributed by atoms with Gasteiger partial charge in [0.1, 0.15) is 0 Å². The summed E-state index contributed by atoms with van der Waals surface area (Å²) in [7, 11) is 0. The zero-order chi connectivity index (χ0) is 12.1. The normalized spacial score (nSPS) is 27.1. The second-order valence-corrected chi connectivity index (χ2v) is 5.27. The SMILES string of the molecule is CC(C)CNC(=O)CN1CCC(O)C(C)C1. The molecule has 2 atom stereocenters. The highest BCUT2D eigenvalue weighted by Gasteiger charge is 2.25. The summed E-state index contributed by atoms with van der Waals surface area (Å²) in [4.78, 5) is 13.7. The molecule has 1 rings (SSSR count). The summed E-state index contributed by atoms with van der Waals surface area (Å²) in [5.74, 6) is 0.856. The average Bonchev–Trinajstić information content (AvgIpc) is 2.21. The summed E-state index contributed by atoms with van der Waals surface area (Å²) in [5.41, 5.74) is 0. The van der Waals surface area contributed by atoms with E-state index in [1.807, 2.05) is 6.92 Å². The lowest BCUT2D eigenvalue weighted by Crippen LogP contribution is -2.46. The van der Waals surface area contributed by atoms with Gasteiger partial charge in [-0.3, -0.25) is 9.69 Å². The number of likely N-dealkylation sites (tertiary alicyclic amines) is 1. The van der Waals surface area contributed by atoms with Gasteiger partial charge in [-0.1, -0.05) is 20.8 Å². The number of nitrogens with zero attached hydrogens (tertiary/aromatic N) is 1. The van der Waals surface area contributed by atoms with Crippen molar-refractivity contribution < 1.29 is 9.90 Å². The van der Waals surface area contributed by atoms with E-state index in [9.17, 15) is 9.90 Å². The Kier molecular flexibility index (Phi) is 5.22. The Morgan fingerprint density at radius 1 is 1.56 bits per heavy atom. The predicted octanol–water partition coefficient (Wildman–Crippen LogP) is 0.461. The van der Waals surface area contributed by atoms with Crippen molar-refractivity contribution in [3.05, 3.63) is 0 Å². The minimum atomic E-state index is -0.199. The monoisotopic (exact) mass is 228 g/mol. The van der Waals surface area contributed by atoms with Gasteiger partial charge in [0.15, 0.2) is 0 Å². The van der Waals surface area contributed by atoms with Crippen LogP contribution < -0.4 is 5.32 Å². The molecule has 2 unspecified atom stereocenters. The van der Waals surface area contributed by atoms with E-state index in [0.29, 0.717) is 12.5 Å². The molecule has 0 bridgehead atoms. The van der Waals surface area contributed by atoms with Crippen molar-refractivity contribution in [2.75, 3.05) is 26.2 Å². The van der Waals surface area contributed by atoms with Gasteiger partial charge in [-0.15, -0.1) is 0 Å². The molecule has 0 spiro atoms. The van der Waals surface area contributed by atoms with Crippen molar-refractivity contribution >= 4 is 5.91 Å². The van der Waals surface area contributed by atoms with Gasteiger partial charge in [0.25, 0.3) is 0 Å². The van der Waals surface area contributed by atoms with E-state index >= 15 is 0 Å². The summed E-state index contributed by atoms with van der Waals surface area (Å²) >= 11 is 0. The van der Waals surface area contributed by atoms with Crippen LogP contribution in [-0.2, 0) is 4.79 Å². The number of hydrogen-bond donors (Lipinski definition) is 2. The molecule has 0 aromatic carbocycles. The van der Waals surface area contributed by atoms with Gasteiger partial charge in [-0.2, -0.15) is 0 Å². The number of hydrogen-bond acceptors (Lipinski definition) is 3. The maximum absolute atomic E-state index is 11.6. The number of nitrogens with one attached hydrogen (secondary N) is 1. The summed E-state index contributed by atoms with van der Waals surface area (Å²) in [6, 6.07) is 0. The first-order valence-electron chi connectivity index (χ1n) is 6.16. The zero-order valence-corrected chi connectivity index (χ0v) is 10.6. The van der Waals surface area contributed by atoms with Crippen LogP contribution in [0.3, 0.4) is 0 Å². The van der Waals surface area contributed by atoms with Crippen LogP contribution in [0.2, 0.25) is 0 Å². The standard InChI is InChI=1S/C12H24N2O2/c1-9(2)6-13-12(16)8-14-5-4-11(15)10(3)7-14/h9-11,15H,4-8H2,1-3H3,(H,13,16). The van der Waals surface area contributed by atoms with Crippen LogP contribution in [0.25, 0.3) is 0 Å². The number of rotatable bonds is 4. The van der Waals surface area contributed by atoms with Crippen LogP contribution in [-0.4, -0.2) is 48.2 Å². The third-order valence-electron chi connectivity index (χ3n) is 3.02. The Morgan fingerprint density at radius 3 is 2.81 bits per heavy atom. The molecule has 1 amide bonds. The van der Waals surface area contributed by atoms with Gasteiger partial charge in [0.05, 0.1) is 12.6 Å². The molecule has 0 aromatic heterocycles. The Hall–Kier alpha value is -0.610. The quantitative estimate of drug-likeness (QED) is 0.735. The number of aliphatic hydroxyl groups excluding tert-OH is 1. The van der Waals surface area contributed by atoms with Gasteiger partial charge in [0.2, 0.25) is 5.91 Å². The van der Waals surface area contributed by atoms with Gasteiger partial charge < -0.3 is 10.4 Å². The van der Waals surface area contributed by atoms with E-state index < -0.39 is 0 Å². The maximum atomic E-state index is 11.6. The number of carbonyl (C=O) groups is 1. The third kappa shape index (κ3) is 4.49. The summed E-state index contributed by atoms with van der Waals surface area (Å²) in [5, 5.41) is 12.5. The summed E-state index contributed by atoms with van der Waals surface area (Å²) in [6.07, 6.45) is 0.577. The first-order valence-corrected chi connectivity index (χ1v) is 6.16. The highest BCUT2D eigenvalue weighted by molar-refractivity contribution is 5.78. The number of carbonyl (C=O) groups excluding carboxylic acids is 1. The molecule has 1 aliphatic heterocycles. The Labute approximate surface area is 98.0 Å². The van der Waals surface area contributed by atoms with Crippen LogP contribution >= 0.6 is 0 Å². The van der Waals surface area contributed by atoms with Crippen molar-refractivity contribution in [3.8, 4) is 0 Å². The van der Waals surface area contributed by atoms with E-state index in [1.165, 1.54) is 0 Å². The summed E-state index contributed by atoms with van der Waals surface area (Å²) < 4.78 is 0. The largest absolute Gasteiger partial charge is 0.393 e. The molecule has 1 heterocycles. The Bertz CT molecular complexity index is 231. The van der Waals surface area contributed by atoms with Crippen molar-refractivity contribution in [1.29, 1.82) is 0 Å². The van der Waals surface area contributed by atoms with Crippen LogP contribution in [0.1, 0.15) is 27.2 Å². The minimum Gasteiger partial charge on any atom is -0.393 e. The number of piperidine rings is 1. The molecule has 94 valence electrons. The molecule has 4 nitrogen and oxygen atoms in total. The smallest absolute Gasteiger partial charge is 0.234 e. The van der Waals surface area contributed by atoms with E-state index in [1.54, 1.807) is 0 Å². The molecule has 2 N–H and O–H groups in total. The highest BCUT2D eigenvalue weighted by atomic mass is 16.3. The van der Waals surface area contributed by atoms with E-state index in [2.05, 4.69) is 24.1 Å². The van der Waals surface area contributed by atoms with Crippen LogP contribution in [0, 0.1) is 11.8 Å². The fourth-order valence-corrected chi connectivity index (χ4v) is 1.94. The van der Waals surface area contributed by atoms with Crippen LogP contribution in [0.4, 0.5) is 0 Å². The second kappa shape index (κ2) is 6.21. The van der Waals surface area contributed by atoms with Gasteiger partial charge in [-0.05, 0) is 18.3 Å². The molecule has 0 aromatic rings. The molecule has 1 saturated heterocycles. The molecule has 1 aliphatic rings. The first kappa shape index (κ1) is 13.5. The van der Waals surface area contributed by atoms with Crippen molar-refractivity contribution in [3.63, 3.8) is 0 Å². The lowest BCUT2D eigenvalue weighted by atomic mass is 9.97. The first-order chi connectivity index (χ1) is 7.49. The summed E-state index contributed by atoms with van der Waals surface area (Å²) in [6.45, 7) is 9.04. The molecular weight excluding hydrogens is 204 g/mol. The number of amides is 1.